The van der Waals surface area contributed by atoms with Gasteiger partial charge in [-0.05, 0) is 45.2 Å². The van der Waals surface area contributed by atoms with Crippen LogP contribution in [0.25, 0.3) is 10.2 Å². The van der Waals surface area contributed by atoms with Crippen molar-refractivity contribution in [1.29, 1.82) is 0 Å². The molecular formula is C14H20N4S. The molecule has 2 aromatic heterocycles. The standard InChI is InChI=1S/C14H20N4S/c1-10-8-12-13(16-9-17-14(12)19-10)18(7-3-6-15)11-4-2-5-11/h8-9,11H,2-7,15H2,1H3. The van der Waals surface area contributed by atoms with Crippen LogP contribution in [0.5, 0.6) is 0 Å². The van der Waals surface area contributed by atoms with Crippen LogP contribution in [0, 0.1) is 6.92 Å². The fourth-order valence-electron chi connectivity index (χ4n) is 2.61. The molecule has 5 heteroatoms. The lowest BCUT2D eigenvalue weighted by atomic mass is 9.91. The topological polar surface area (TPSA) is 55.0 Å². The van der Waals surface area contributed by atoms with E-state index in [2.05, 4.69) is 27.9 Å². The Morgan fingerprint density at radius 2 is 2.26 bits per heavy atom. The molecule has 2 N–H and O–H groups in total. The lowest BCUT2D eigenvalue weighted by Crippen LogP contribution is -2.42. The van der Waals surface area contributed by atoms with Crippen LogP contribution in [0.1, 0.15) is 30.6 Å². The summed E-state index contributed by atoms with van der Waals surface area (Å²) in [4.78, 5) is 13.8. The van der Waals surface area contributed by atoms with Crippen LogP contribution < -0.4 is 10.6 Å². The first-order valence-corrected chi connectivity index (χ1v) is 7.79. The molecule has 0 unspecified atom stereocenters. The minimum absolute atomic E-state index is 0.643. The molecule has 19 heavy (non-hydrogen) atoms. The van der Waals surface area contributed by atoms with Gasteiger partial charge in [-0.15, -0.1) is 11.3 Å². The molecule has 0 atom stereocenters. The average molecular weight is 276 g/mol. The number of thiophene rings is 1. The van der Waals surface area contributed by atoms with Crippen molar-refractivity contribution in [2.24, 2.45) is 5.73 Å². The first-order valence-electron chi connectivity index (χ1n) is 6.97. The predicted octanol–water partition coefficient (Wildman–Crippen LogP) is 2.71. The largest absolute Gasteiger partial charge is 0.353 e. The summed E-state index contributed by atoms with van der Waals surface area (Å²) in [5.74, 6) is 1.10. The van der Waals surface area contributed by atoms with Crippen molar-refractivity contribution in [3.05, 3.63) is 17.3 Å². The Bertz CT molecular complexity index is 562. The molecule has 0 radical (unpaired) electrons. The van der Waals surface area contributed by atoms with Gasteiger partial charge in [0.25, 0.3) is 0 Å². The lowest BCUT2D eigenvalue weighted by Gasteiger charge is -2.38. The van der Waals surface area contributed by atoms with Crippen LogP contribution in [0.3, 0.4) is 0 Å². The van der Waals surface area contributed by atoms with Gasteiger partial charge in [-0.1, -0.05) is 0 Å². The normalized spacial score (nSPS) is 15.7. The first kappa shape index (κ1) is 12.8. The second kappa shape index (κ2) is 5.43. The van der Waals surface area contributed by atoms with Crippen molar-refractivity contribution in [2.45, 2.75) is 38.6 Å². The molecule has 0 aliphatic heterocycles. The molecule has 1 saturated carbocycles. The van der Waals surface area contributed by atoms with E-state index in [1.165, 1.54) is 29.5 Å². The number of aryl methyl sites for hydroxylation is 1. The number of nitrogens with two attached hydrogens (primary N) is 1. The Morgan fingerprint density at radius 1 is 1.42 bits per heavy atom. The van der Waals surface area contributed by atoms with E-state index in [0.29, 0.717) is 6.04 Å². The van der Waals surface area contributed by atoms with Gasteiger partial charge in [0.2, 0.25) is 0 Å². The van der Waals surface area contributed by atoms with Crippen LogP contribution in [-0.2, 0) is 0 Å². The molecular weight excluding hydrogens is 256 g/mol. The molecule has 0 saturated heterocycles. The van der Waals surface area contributed by atoms with Crippen molar-refractivity contribution in [1.82, 2.24) is 9.97 Å². The summed E-state index contributed by atoms with van der Waals surface area (Å²) in [6, 6.07) is 2.86. The average Bonchev–Trinajstić information content (AvgIpc) is 2.72. The molecule has 0 spiro atoms. The molecule has 1 fully saturated rings. The van der Waals surface area contributed by atoms with E-state index >= 15 is 0 Å². The van der Waals surface area contributed by atoms with Gasteiger partial charge in [-0.2, -0.15) is 0 Å². The Morgan fingerprint density at radius 3 is 2.95 bits per heavy atom. The molecule has 3 rings (SSSR count). The van der Waals surface area contributed by atoms with Crippen LogP contribution >= 0.6 is 11.3 Å². The summed E-state index contributed by atoms with van der Waals surface area (Å²) in [5, 5.41) is 1.20. The fourth-order valence-corrected chi connectivity index (χ4v) is 3.46. The highest BCUT2D eigenvalue weighted by Crippen LogP contribution is 2.34. The van der Waals surface area contributed by atoms with E-state index in [0.717, 1.165) is 30.2 Å². The fraction of sp³-hybridized carbons (Fsp3) is 0.571. The SMILES string of the molecule is Cc1cc2c(N(CCCN)C3CCC3)ncnc2s1. The van der Waals surface area contributed by atoms with E-state index in [1.807, 2.05) is 0 Å². The monoisotopic (exact) mass is 276 g/mol. The number of aromatic nitrogens is 2. The third-order valence-corrected chi connectivity index (χ3v) is 4.78. The van der Waals surface area contributed by atoms with Crippen molar-refractivity contribution in [2.75, 3.05) is 18.0 Å². The Hall–Kier alpha value is -1.20. The van der Waals surface area contributed by atoms with E-state index < -0.39 is 0 Å². The number of hydrogen-bond acceptors (Lipinski definition) is 5. The van der Waals surface area contributed by atoms with Gasteiger partial charge in [0.15, 0.2) is 0 Å². The lowest BCUT2D eigenvalue weighted by molar-refractivity contribution is 0.383. The number of anilines is 1. The summed E-state index contributed by atoms with van der Waals surface area (Å²) >= 11 is 1.74. The molecule has 0 aromatic carbocycles. The van der Waals surface area contributed by atoms with Gasteiger partial charge in [0.05, 0.1) is 5.39 Å². The maximum absolute atomic E-state index is 5.67. The summed E-state index contributed by atoms with van der Waals surface area (Å²) in [6.07, 6.45) is 6.60. The highest BCUT2D eigenvalue weighted by atomic mass is 32.1. The van der Waals surface area contributed by atoms with Gasteiger partial charge in [0, 0.05) is 17.5 Å². The summed E-state index contributed by atoms with van der Waals surface area (Å²) in [6.45, 7) is 3.87. The molecule has 2 heterocycles. The van der Waals surface area contributed by atoms with Gasteiger partial charge < -0.3 is 10.6 Å². The smallest absolute Gasteiger partial charge is 0.141 e. The number of hydrogen-bond donors (Lipinski definition) is 1. The van der Waals surface area contributed by atoms with E-state index in [4.69, 9.17) is 5.73 Å². The minimum atomic E-state index is 0.643. The zero-order valence-electron chi connectivity index (χ0n) is 11.3. The maximum Gasteiger partial charge on any atom is 0.141 e. The Balaban J connectivity index is 1.98. The summed E-state index contributed by atoms with van der Waals surface area (Å²) < 4.78 is 0. The molecule has 102 valence electrons. The van der Waals surface area contributed by atoms with Gasteiger partial charge in [0.1, 0.15) is 17.0 Å². The number of rotatable bonds is 5. The second-order valence-electron chi connectivity index (χ2n) is 5.19. The van der Waals surface area contributed by atoms with Crippen LogP contribution in [0.15, 0.2) is 12.4 Å². The molecule has 0 amide bonds. The molecule has 1 aliphatic carbocycles. The van der Waals surface area contributed by atoms with Crippen LogP contribution in [0.4, 0.5) is 5.82 Å². The van der Waals surface area contributed by atoms with Gasteiger partial charge in [-0.25, -0.2) is 9.97 Å². The molecule has 0 bridgehead atoms. The summed E-state index contributed by atoms with van der Waals surface area (Å²) in [5.41, 5.74) is 5.67. The zero-order chi connectivity index (χ0) is 13.2. The quantitative estimate of drug-likeness (QED) is 0.912. The summed E-state index contributed by atoms with van der Waals surface area (Å²) in [7, 11) is 0. The molecule has 4 nitrogen and oxygen atoms in total. The van der Waals surface area contributed by atoms with Crippen LogP contribution in [-0.4, -0.2) is 29.1 Å². The second-order valence-corrected chi connectivity index (χ2v) is 6.43. The third-order valence-electron chi connectivity index (χ3n) is 3.82. The third kappa shape index (κ3) is 2.44. The first-order chi connectivity index (χ1) is 9.29. The minimum Gasteiger partial charge on any atom is -0.353 e. The van der Waals surface area contributed by atoms with Crippen molar-refractivity contribution < 1.29 is 0 Å². The highest BCUT2D eigenvalue weighted by molar-refractivity contribution is 7.18. The van der Waals surface area contributed by atoms with Crippen molar-refractivity contribution in [3.63, 3.8) is 0 Å². The maximum atomic E-state index is 5.67. The number of nitrogens with zero attached hydrogens (tertiary/aromatic N) is 3. The van der Waals surface area contributed by atoms with Gasteiger partial charge >= 0.3 is 0 Å². The van der Waals surface area contributed by atoms with Crippen molar-refractivity contribution >= 4 is 27.4 Å². The van der Waals surface area contributed by atoms with E-state index in [-0.39, 0.29) is 0 Å². The zero-order valence-corrected chi connectivity index (χ0v) is 12.1. The van der Waals surface area contributed by atoms with Gasteiger partial charge in [-0.3, -0.25) is 0 Å². The van der Waals surface area contributed by atoms with E-state index in [1.54, 1.807) is 17.7 Å². The molecule has 2 aromatic rings. The van der Waals surface area contributed by atoms with Crippen molar-refractivity contribution in [3.8, 4) is 0 Å². The molecule has 1 aliphatic rings. The predicted molar refractivity (Wildman–Crippen MR) is 80.8 cm³/mol. The van der Waals surface area contributed by atoms with Crippen LogP contribution in [0.2, 0.25) is 0 Å². The Labute approximate surface area is 117 Å². The Kier molecular flexibility index (Phi) is 3.66. The van der Waals surface area contributed by atoms with E-state index in [9.17, 15) is 0 Å². The highest BCUT2D eigenvalue weighted by Gasteiger charge is 2.27. The number of fused-ring (bicyclic) bond motifs is 1.